The van der Waals surface area contributed by atoms with E-state index in [1.54, 1.807) is 24.3 Å². The highest BCUT2D eigenvalue weighted by atomic mass is 19.4. The van der Waals surface area contributed by atoms with E-state index in [9.17, 15) is 28.1 Å². The van der Waals surface area contributed by atoms with Gasteiger partial charge < -0.3 is 15.4 Å². The van der Waals surface area contributed by atoms with Crippen LogP contribution in [0.5, 0.6) is 5.75 Å². The molecule has 2 aromatic carbocycles. The summed E-state index contributed by atoms with van der Waals surface area (Å²) in [4.78, 5) is 22.5. The van der Waals surface area contributed by atoms with Crippen molar-refractivity contribution in [2.24, 2.45) is 0 Å². The molecule has 0 aromatic heterocycles. The molecule has 7 nitrogen and oxygen atoms in total. The Balaban J connectivity index is 2.11. The molecule has 0 fully saturated rings. The van der Waals surface area contributed by atoms with Gasteiger partial charge in [0.1, 0.15) is 17.5 Å². The average molecular weight is 397 g/mol. The van der Waals surface area contributed by atoms with Crippen LogP contribution in [0.1, 0.15) is 19.4 Å². The Morgan fingerprint density at radius 3 is 2.39 bits per heavy atom. The van der Waals surface area contributed by atoms with Crippen LogP contribution < -0.4 is 15.4 Å². The van der Waals surface area contributed by atoms with Crippen molar-refractivity contribution in [3.63, 3.8) is 0 Å². The highest BCUT2D eigenvalue weighted by Crippen LogP contribution is 2.35. The summed E-state index contributed by atoms with van der Waals surface area (Å²) < 4.78 is 43.6. The number of alkyl halides is 3. The SMILES string of the molecule is CCOc1ccc(NC(=O)[C@H](C)Nc2ccc(C(F)(F)F)cc2[N+](=O)[O-])cc1. The van der Waals surface area contributed by atoms with Crippen LogP contribution in [-0.4, -0.2) is 23.5 Å². The lowest BCUT2D eigenvalue weighted by molar-refractivity contribution is -0.384. The Bertz CT molecular complexity index is 854. The number of nitro benzene ring substituents is 1. The first-order valence-electron chi connectivity index (χ1n) is 8.27. The molecule has 0 aliphatic rings. The van der Waals surface area contributed by atoms with Crippen molar-refractivity contribution in [1.82, 2.24) is 0 Å². The number of carbonyl (C=O) groups is 1. The minimum absolute atomic E-state index is 0.188. The number of nitrogens with one attached hydrogen (secondary N) is 2. The third-order valence-corrected chi connectivity index (χ3v) is 3.72. The number of carbonyl (C=O) groups excluding carboxylic acids is 1. The van der Waals surface area contributed by atoms with Gasteiger partial charge in [-0.2, -0.15) is 13.2 Å². The summed E-state index contributed by atoms with van der Waals surface area (Å²) in [6, 6.07) is 7.71. The molecule has 150 valence electrons. The molecule has 1 atom stereocenters. The van der Waals surface area contributed by atoms with E-state index in [1.807, 2.05) is 6.92 Å². The smallest absolute Gasteiger partial charge is 0.416 e. The summed E-state index contributed by atoms with van der Waals surface area (Å²) in [5.41, 5.74) is -1.62. The molecule has 28 heavy (non-hydrogen) atoms. The fraction of sp³-hybridized carbons (Fsp3) is 0.278. The number of anilines is 2. The molecule has 0 radical (unpaired) electrons. The third-order valence-electron chi connectivity index (χ3n) is 3.72. The molecule has 0 saturated carbocycles. The lowest BCUT2D eigenvalue weighted by Crippen LogP contribution is -2.32. The summed E-state index contributed by atoms with van der Waals surface area (Å²) in [5.74, 6) is 0.116. The number of amides is 1. The Morgan fingerprint density at radius 2 is 1.86 bits per heavy atom. The van der Waals surface area contributed by atoms with E-state index in [-0.39, 0.29) is 5.69 Å². The summed E-state index contributed by atoms with van der Waals surface area (Å²) in [5, 5.41) is 16.3. The topological polar surface area (TPSA) is 93.5 Å². The summed E-state index contributed by atoms with van der Waals surface area (Å²) >= 11 is 0. The normalized spacial score (nSPS) is 12.2. The van der Waals surface area contributed by atoms with Gasteiger partial charge in [-0.15, -0.1) is 0 Å². The molecule has 2 rings (SSSR count). The van der Waals surface area contributed by atoms with Crippen LogP contribution in [0.4, 0.5) is 30.2 Å². The molecule has 0 spiro atoms. The van der Waals surface area contributed by atoms with E-state index >= 15 is 0 Å². The van der Waals surface area contributed by atoms with Crippen molar-refractivity contribution in [3.05, 3.63) is 58.1 Å². The monoisotopic (exact) mass is 397 g/mol. The predicted molar refractivity (Wildman–Crippen MR) is 97.4 cm³/mol. The quantitative estimate of drug-likeness (QED) is 0.532. The van der Waals surface area contributed by atoms with E-state index in [1.165, 1.54) is 6.92 Å². The van der Waals surface area contributed by atoms with E-state index < -0.39 is 34.3 Å². The largest absolute Gasteiger partial charge is 0.494 e. The number of benzene rings is 2. The number of rotatable bonds is 7. The van der Waals surface area contributed by atoms with E-state index in [4.69, 9.17) is 4.74 Å². The number of nitrogens with zero attached hydrogens (tertiary/aromatic N) is 1. The molecular formula is C18H18F3N3O4. The molecule has 2 N–H and O–H groups in total. The molecule has 0 saturated heterocycles. The van der Waals surface area contributed by atoms with Crippen molar-refractivity contribution >= 4 is 23.0 Å². The van der Waals surface area contributed by atoms with Gasteiger partial charge in [0.15, 0.2) is 0 Å². The molecule has 0 aliphatic carbocycles. The van der Waals surface area contributed by atoms with Crippen LogP contribution in [0.25, 0.3) is 0 Å². The number of ether oxygens (including phenoxy) is 1. The zero-order chi connectivity index (χ0) is 20.9. The molecular weight excluding hydrogens is 379 g/mol. The molecule has 0 unspecified atom stereocenters. The highest BCUT2D eigenvalue weighted by molar-refractivity contribution is 5.96. The number of nitro groups is 1. The minimum atomic E-state index is -4.71. The maximum atomic E-state index is 12.8. The second kappa shape index (κ2) is 8.59. The lowest BCUT2D eigenvalue weighted by Gasteiger charge is -2.16. The maximum absolute atomic E-state index is 12.8. The Hall–Kier alpha value is -3.30. The first-order valence-corrected chi connectivity index (χ1v) is 8.27. The van der Waals surface area contributed by atoms with Crippen molar-refractivity contribution < 1.29 is 27.6 Å². The Morgan fingerprint density at radius 1 is 1.21 bits per heavy atom. The van der Waals surface area contributed by atoms with Gasteiger partial charge >= 0.3 is 6.18 Å². The van der Waals surface area contributed by atoms with Crippen LogP contribution in [0.2, 0.25) is 0 Å². The van der Waals surface area contributed by atoms with Gasteiger partial charge in [0.05, 0.1) is 17.1 Å². The molecule has 10 heteroatoms. The predicted octanol–water partition coefficient (Wildman–Crippen LogP) is 4.45. The second-order valence-corrected chi connectivity index (χ2v) is 5.80. The van der Waals surface area contributed by atoms with Crippen LogP contribution in [0.3, 0.4) is 0 Å². The van der Waals surface area contributed by atoms with Crippen molar-refractivity contribution in [2.75, 3.05) is 17.2 Å². The first-order chi connectivity index (χ1) is 13.1. The fourth-order valence-corrected chi connectivity index (χ4v) is 2.33. The van der Waals surface area contributed by atoms with Crippen molar-refractivity contribution in [2.45, 2.75) is 26.1 Å². The third kappa shape index (κ3) is 5.35. The van der Waals surface area contributed by atoms with Crippen LogP contribution in [0, 0.1) is 10.1 Å². The van der Waals surface area contributed by atoms with Crippen LogP contribution in [-0.2, 0) is 11.0 Å². The maximum Gasteiger partial charge on any atom is 0.416 e. The number of halogens is 3. The number of hydrogen-bond donors (Lipinski definition) is 2. The van der Waals surface area contributed by atoms with Gasteiger partial charge in [0.2, 0.25) is 5.91 Å². The summed E-state index contributed by atoms with van der Waals surface area (Å²) in [7, 11) is 0. The zero-order valence-corrected chi connectivity index (χ0v) is 15.0. The van der Waals surface area contributed by atoms with E-state index in [2.05, 4.69) is 10.6 Å². The summed E-state index contributed by atoms with van der Waals surface area (Å²) in [6.45, 7) is 3.77. The Labute approximate surface area is 158 Å². The van der Waals surface area contributed by atoms with Gasteiger partial charge in [0, 0.05) is 11.8 Å². The zero-order valence-electron chi connectivity index (χ0n) is 15.0. The van der Waals surface area contributed by atoms with Gasteiger partial charge in [-0.1, -0.05) is 0 Å². The van der Waals surface area contributed by atoms with Gasteiger partial charge in [-0.05, 0) is 50.2 Å². The number of hydrogen-bond acceptors (Lipinski definition) is 5. The molecule has 0 heterocycles. The summed E-state index contributed by atoms with van der Waals surface area (Å²) in [6.07, 6.45) is -4.71. The Kier molecular flexibility index (Phi) is 6.45. The van der Waals surface area contributed by atoms with Crippen LogP contribution in [0.15, 0.2) is 42.5 Å². The van der Waals surface area contributed by atoms with Crippen molar-refractivity contribution in [1.29, 1.82) is 0 Å². The highest BCUT2D eigenvalue weighted by Gasteiger charge is 2.33. The van der Waals surface area contributed by atoms with Gasteiger partial charge in [-0.25, -0.2) is 0 Å². The van der Waals surface area contributed by atoms with Gasteiger partial charge in [-0.3, -0.25) is 14.9 Å². The molecule has 2 aromatic rings. The van der Waals surface area contributed by atoms with Gasteiger partial charge in [0.25, 0.3) is 5.69 Å². The second-order valence-electron chi connectivity index (χ2n) is 5.80. The van der Waals surface area contributed by atoms with Crippen molar-refractivity contribution in [3.8, 4) is 5.75 Å². The molecule has 1 amide bonds. The van der Waals surface area contributed by atoms with E-state index in [0.717, 1.165) is 6.07 Å². The fourth-order valence-electron chi connectivity index (χ4n) is 2.33. The average Bonchev–Trinajstić information content (AvgIpc) is 2.62. The van der Waals surface area contributed by atoms with Crippen LogP contribution >= 0.6 is 0 Å². The molecule has 0 aliphatic heterocycles. The lowest BCUT2D eigenvalue weighted by atomic mass is 10.1. The molecule has 0 bridgehead atoms. The minimum Gasteiger partial charge on any atom is -0.494 e. The first kappa shape index (κ1) is 21.0. The standard InChI is InChI=1S/C18H18F3N3O4/c1-3-28-14-7-5-13(6-8-14)23-17(25)11(2)22-15-9-4-12(18(19,20)21)10-16(15)24(26)27/h4-11,22H,3H2,1-2H3,(H,23,25)/t11-/m0/s1. The van der Waals surface area contributed by atoms with E-state index in [0.29, 0.717) is 30.2 Å².